The molecular formula is C70H133NO8. The monoisotopic (exact) mass is 1120 g/mol. The number of nitrogens with zero attached hydrogens (tertiary/aromatic N) is 1. The average molecular weight is 1120 g/mol. The molecule has 79 heavy (non-hydrogen) atoms. The lowest BCUT2D eigenvalue weighted by molar-refractivity contribution is -0.870. The van der Waals surface area contributed by atoms with Crippen LogP contribution in [0.2, 0.25) is 0 Å². The van der Waals surface area contributed by atoms with Gasteiger partial charge in [-0.15, -0.1) is 0 Å². The number of allylic oxidation sites excluding steroid dienone is 4. The van der Waals surface area contributed by atoms with E-state index < -0.39 is 24.3 Å². The number of unbranched alkanes of at least 4 members (excludes halogenated alkanes) is 46. The van der Waals surface area contributed by atoms with Gasteiger partial charge >= 0.3 is 11.9 Å². The third-order valence-corrected chi connectivity index (χ3v) is 15.7. The highest BCUT2D eigenvalue weighted by Gasteiger charge is 2.22. The van der Waals surface area contributed by atoms with Crippen LogP contribution in [0.25, 0.3) is 0 Å². The number of carboxylic acid groups (broad SMARTS) is 1. The maximum absolute atomic E-state index is 12.9. The number of carbonyl (C=O) groups excluding carboxylic acids is 3. The van der Waals surface area contributed by atoms with Crippen molar-refractivity contribution in [3.05, 3.63) is 24.3 Å². The van der Waals surface area contributed by atoms with Crippen molar-refractivity contribution in [2.24, 2.45) is 0 Å². The van der Waals surface area contributed by atoms with E-state index in [1.165, 1.54) is 276 Å². The zero-order valence-corrected chi connectivity index (χ0v) is 53.3. The van der Waals surface area contributed by atoms with Gasteiger partial charge in [-0.25, -0.2) is 0 Å². The van der Waals surface area contributed by atoms with E-state index in [4.69, 9.17) is 18.9 Å². The molecule has 0 amide bonds. The Bertz CT molecular complexity index is 1340. The molecule has 9 heteroatoms. The average Bonchev–Trinajstić information content (AvgIpc) is 3.42. The Hall–Kier alpha value is -2.23. The van der Waals surface area contributed by atoms with Crippen LogP contribution in [0.1, 0.15) is 348 Å². The second-order valence-corrected chi connectivity index (χ2v) is 24.8. The molecule has 0 fully saturated rings. The molecule has 0 N–H and O–H groups in total. The highest BCUT2D eigenvalue weighted by molar-refractivity contribution is 5.70. The second-order valence-electron chi connectivity index (χ2n) is 24.8. The fraction of sp³-hybridized carbons (Fsp3) is 0.900. The van der Waals surface area contributed by atoms with E-state index in [0.717, 1.165) is 44.9 Å². The summed E-state index contributed by atoms with van der Waals surface area (Å²) in [5.41, 5.74) is 0. The van der Waals surface area contributed by atoms with Gasteiger partial charge in [0.25, 0.3) is 0 Å². The molecule has 0 aliphatic carbocycles. The number of quaternary nitrogens is 1. The molecule has 0 aromatic heterocycles. The number of rotatable bonds is 65. The van der Waals surface area contributed by atoms with Gasteiger partial charge in [-0.1, -0.05) is 314 Å². The fourth-order valence-electron chi connectivity index (χ4n) is 10.4. The zero-order chi connectivity index (χ0) is 57.6. The number of aliphatic carboxylic acids is 1. The molecule has 0 saturated carbocycles. The van der Waals surface area contributed by atoms with Crippen molar-refractivity contribution in [2.75, 3.05) is 47.5 Å². The first-order valence-electron chi connectivity index (χ1n) is 34.5. The van der Waals surface area contributed by atoms with Crippen LogP contribution in [0.3, 0.4) is 0 Å². The minimum atomic E-state index is -1.62. The number of ether oxygens (including phenoxy) is 4. The smallest absolute Gasteiger partial charge is 0.306 e. The summed E-state index contributed by atoms with van der Waals surface area (Å²) in [6, 6.07) is 0. The Kier molecular flexibility index (Phi) is 60.1. The lowest BCUT2D eigenvalue weighted by atomic mass is 10.0. The third-order valence-electron chi connectivity index (χ3n) is 15.7. The van der Waals surface area contributed by atoms with Gasteiger partial charge in [-0.3, -0.25) is 9.59 Å². The van der Waals surface area contributed by atoms with Crippen molar-refractivity contribution in [1.82, 2.24) is 0 Å². The van der Waals surface area contributed by atoms with Gasteiger partial charge < -0.3 is 33.3 Å². The summed E-state index contributed by atoms with van der Waals surface area (Å²) in [5.74, 6) is -2.25. The maximum Gasteiger partial charge on any atom is 0.306 e. The van der Waals surface area contributed by atoms with Gasteiger partial charge in [0, 0.05) is 12.8 Å². The maximum atomic E-state index is 12.9. The molecule has 0 rings (SSSR count). The number of carbonyl (C=O) groups is 3. The summed E-state index contributed by atoms with van der Waals surface area (Å²) in [6.07, 6.45) is 72.7. The molecule has 0 bridgehead atoms. The minimum absolute atomic E-state index is 0.152. The molecule has 0 heterocycles. The van der Waals surface area contributed by atoms with E-state index in [-0.39, 0.29) is 32.2 Å². The van der Waals surface area contributed by atoms with Gasteiger partial charge in [-0.2, -0.15) is 0 Å². The van der Waals surface area contributed by atoms with Crippen LogP contribution in [0, 0.1) is 0 Å². The zero-order valence-electron chi connectivity index (χ0n) is 53.3. The van der Waals surface area contributed by atoms with Crippen LogP contribution < -0.4 is 5.11 Å². The van der Waals surface area contributed by atoms with E-state index in [1.54, 1.807) is 0 Å². The summed E-state index contributed by atoms with van der Waals surface area (Å²) in [4.78, 5) is 37.4. The Morgan fingerprint density at radius 3 is 1.00 bits per heavy atom. The van der Waals surface area contributed by atoms with E-state index in [2.05, 4.69) is 38.2 Å². The van der Waals surface area contributed by atoms with E-state index >= 15 is 0 Å². The van der Waals surface area contributed by atoms with E-state index in [9.17, 15) is 19.5 Å². The first-order valence-corrected chi connectivity index (χ1v) is 34.5. The number of esters is 2. The minimum Gasteiger partial charge on any atom is -0.545 e. The van der Waals surface area contributed by atoms with Gasteiger partial charge in [-0.05, 0) is 44.9 Å². The van der Waals surface area contributed by atoms with Crippen LogP contribution >= 0.6 is 0 Å². The number of hydrogen-bond acceptors (Lipinski definition) is 8. The number of carboxylic acids is 1. The van der Waals surface area contributed by atoms with Crippen LogP contribution in [0.5, 0.6) is 0 Å². The summed E-state index contributed by atoms with van der Waals surface area (Å²) < 4.78 is 22.8. The molecule has 0 saturated heterocycles. The van der Waals surface area contributed by atoms with Crippen molar-refractivity contribution >= 4 is 17.9 Å². The SMILES string of the molecule is CCCCCCC/C=C\C/C=C\CCCCCCCCCCCCCCCCCCCCCCCCCCCC(=O)OC(COC(=O)CCCCCCCCCCCCCCCCCCC)COC(OCC[N+](C)(C)C)C(=O)[O-]. The van der Waals surface area contributed by atoms with Crippen molar-refractivity contribution in [2.45, 2.75) is 360 Å². The molecule has 9 nitrogen and oxygen atoms in total. The van der Waals surface area contributed by atoms with E-state index in [1.807, 2.05) is 21.1 Å². The van der Waals surface area contributed by atoms with Gasteiger partial charge in [0.15, 0.2) is 12.4 Å². The molecule has 0 radical (unpaired) electrons. The highest BCUT2D eigenvalue weighted by Crippen LogP contribution is 2.19. The van der Waals surface area contributed by atoms with Crippen molar-refractivity contribution in [3.8, 4) is 0 Å². The second kappa shape index (κ2) is 61.8. The van der Waals surface area contributed by atoms with Crippen molar-refractivity contribution in [1.29, 1.82) is 0 Å². The molecule has 2 unspecified atom stereocenters. The van der Waals surface area contributed by atoms with Crippen LogP contribution in [0.4, 0.5) is 0 Å². The van der Waals surface area contributed by atoms with Crippen molar-refractivity contribution < 1.29 is 42.9 Å². The molecule has 2 atom stereocenters. The lowest BCUT2D eigenvalue weighted by Crippen LogP contribution is -2.44. The highest BCUT2D eigenvalue weighted by atomic mass is 16.7. The van der Waals surface area contributed by atoms with Crippen molar-refractivity contribution in [3.63, 3.8) is 0 Å². The first-order chi connectivity index (χ1) is 38.6. The largest absolute Gasteiger partial charge is 0.545 e. The quantitative estimate of drug-likeness (QED) is 0.0195. The molecule has 466 valence electrons. The lowest BCUT2D eigenvalue weighted by Gasteiger charge is -2.26. The predicted octanol–water partition coefficient (Wildman–Crippen LogP) is 19.7. The molecule has 0 aromatic rings. The number of likely N-dealkylation sites (N-methyl/N-ethyl adjacent to an activating group) is 1. The summed E-state index contributed by atoms with van der Waals surface area (Å²) in [5, 5.41) is 11.8. The predicted molar refractivity (Wildman–Crippen MR) is 334 cm³/mol. The van der Waals surface area contributed by atoms with Gasteiger partial charge in [0.2, 0.25) is 0 Å². The topological polar surface area (TPSA) is 111 Å². The summed E-state index contributed by atoms with van der Waals surface area (Å²) in [6.45, 7) is 4.80. The van der Waals surface area contributed by atoms with E-state index in [0.29, 0.717) is 17.4 Å². The van der Waals surface area contributed by atoms with Crippen LogP contribution in [0.15, 0.2) is 24.3 Å². The summed E-state index contributed by atoms with van der Waals surface area (Å²) >= 11 is 0. The fourth-order valence-corrected chi connectivity index (χ4v) is 10.4. The Morgan fingerprint density at radius 2 is 0.684 bits per heavy atom. The first kappa shape index (κ1) is 76.8. The third kappa shape index (κ3) is 63.2. The van der Waals surface area contributed by atoms with Crippen LogP contribution in [-0.4, -0.2) is 82.3 Å². The molecule has 0 aromatic carbocycles. The Balaban J connectivity index is 3.97. The van der Waals surface area contributed by atoms with Gasteiger partial charge in [0.05, 0.1) is 40.3 Å². The molecule has 0 aliphatic heterocycles. The number of hydrogen-bond donors (Lipinski definition) is 0. The standard InChI is InChI=1S/C70H133NO8/c1-6-8-10-12-14-16-18-20-22-24-25-26-27-28-29-30-31-32-33-34-35-36-37-38-39-40-41-42-43-45-47-49-51-53-55-57-59-61-68(73)79-66(65-78-70(69(74)75)76-63-62-71(3,4)5)64-77-67(72)60-58-56-54-52-50-48-46-44-23-21-19-17-15-13-11-9-7-2/h18,20,24-25,66,70H,6-17,19,21-23,26-65H2,1-5H3/b20-18-,25-24-. The van der Waals surface area contributed by atoms with Crippen LogP contribution in [-0.2, 0) is 33.3 Å². The molecule has 0 spiro atoms. The molecular weight excluding hydrogens is 983 g/mol. The summed E-state index contributed by atoms with van der Waals surface area (Å²) in [7, 11) is 5.94. The molecule has 0 aliphatic rings. The Morgan fingerprint density at radius 1 is 0.380 bits per heavy atom. The normalized spacial score (nSPS) is 12.8. The van der Waals surface area contributed by atoms with Gasteiger partial charge in [0.1, 0.15) is 13.2 Å². The Labute approximate surface area is 490 Å².